The van der Waals surface area contributed by atoms with E-state index in [-0.39, 0.29) is 11.8 Å². The fourth-order valence-corrected chi connectivity index (χ4v) is 6.54. The van der Waals surface area contributed by atoms with Crippen LogP contribution in [-0.4, -0.2) is 32.6 Å². The first kappa shape index (κ1) is 25.1. The summed E-state index contributed by atoms with van der Waals surface area (Å²) in [6.45, 7) is 5.73. The Bertz CT molecular complexity index is 1270. The summed E-state index contributed by atoms with van der Waals surface area (Å²) in [5, 5.41) is -0.945. The third-order valence-electron chi connectivity index (χ3n) is 6.47. The van der Waals surface area contributed by atoms with Crippen LogP contribution in [0.2, 0.25) is 0 Å². The maximum Gasteiger partial charge on any atom is 0.299 e. The number of aliphatic imine (C=N–C) groups is 1. The zero-order valence-corrected chi connectivity index (χ0v) is 21.1. The number of hydrogen-bond donors (Lipinski definition) is 2. The Morgan fingerprint density at radius 2 is 1.77 bits per heavy atom. The highest BCUT2D eigenvalue weighted by Gasteiger charge is 2.48. The maximum absolute atomic E-state index is 14.0. The van der Waals surface area contributed by atoms with Gasteiger partial charge in [0.15, 0.2) is 0 Å². The molecule has 0 spiro atoms. The molecule has 2 aromatic rings. The average Bonchev–Trinajstić information content (AvgIpc) is 2.80. The molecular formula is C27H32FN3O3S. The van der Waals surface area contributed by atoms with Crippen LogP contribution in [0.1, 0.15) is 50.8 Å². The summed E-state index contributed by atoms with van der Waals surface area (Å²) in [5.41, 5.74) is 9.12. The minimum Gasteiger partial charge on any atom is -0.457 e. The third-order valence-corrected chi connectivity index (χ3v) is 8.39. The van der Waals surface area contributed by atoms with E-state index in [0.29, 0.717) is 31.4 Å². The highest BCUT2D eigenvalue weighted by Crippen LogP contribution is 2.39. The maximum atomic E-state index is 14.0. The second-order valence-electron chi connectivity index (χ2n) is 9.57. The first-order valence-electron chi connectivity index (χ1n) is 11.8. The van der Waals surface area contributed by atoms with Gasteiger partial charge >= 0.3 is 0 Å². The molecule has 2 aromatic carbocycles. The average molecular weight is 498 g/mol. The molecule has 1 aliphatic heterocycles. The smallest absolute Gasteiger partial charge is 0.299 e. The van der Waals surface area contributed by atoms with Crippen LogP contribution in [0.15, 0.2) is 82.6 Å². The van der Waals surface area contributed by atoms with Gasteiger partial charge < -0.3 is 10.5 Å². The second kappa shape index (κ2) is 9.95. The topological polar surface area (TPSA) is 93.8 Å². The number of ether oxygens (including phenoxy) is 1. The van der Waals surface area contributed by atoms with Crippen molar-refractivity contribution in [1.82, 2.24) is 4.72 Å². The number of allylic oxidation sites excluding steroid dienone is 2. The molecule has 1 aliphatic carbocycles. The monoisotopic (exact) mass is 497 g/mol. The number of nitrogens with zero attached hydrogens (tertiary/aromatic N) is 1. The number of hydrogen-bond acceptors (Lipinski definition) is 5. The number of halogens is 1. The number of rotatable bonds is 6. The van der Waals surface area contributed by atoms with E-state index < -0.39 is 26.9 Å². The van der Waals surface area contributed by atoms with Crippen LogP contribution < -0.4 is 10.5 Å². The molecule has 0 radical (unpaired) electrons. The van der Waals surface area contributed by atoms with Crippen molar-refractivity contribution in [3.05, 3.63) is 83.2 Å². The lowest BCUT2D eigenvalue weighted by molar-refractivity contribution is 0.0762. The van der Waals surface area contributed by atoms with Crippen molar-refractivity contribution < 1.29 is 17.5 Å². The van der Waals surface area contributed by atoms with Crippen LogP contribution in [0.3, 0.4) is 0 Å². The van der Waals surface area contributed by atoms with Gasteiger partial charge in [-0.15, -0.1) is 0 Å². The molecule has 8 heteroatoms. The second-order valence-corrected chi connectivity index (χ2v) is 11.3. The van der Waals surface area contributed by atoms with E-state index in [9.17, 15) is 12.8 Å². The molecule has 3 N–H and O–H groups in total. The Hall–Kier alpha value is -2.97. The van der Waals surface area contributed by atoms with Gasteiger partial charge in [-0.25, -0.2) is 22.5 Å². The van der Waals surface area contributed by atoms with Crippen molar-refractivity contribution >= 4 is 16.0 Å². The van der Waals surface area contributed by atoms with Gasteiger partial charge in [-0.3, -0.25) is 0 Å². The van der Waals surface area contributed by atoms with Crippen molar-refractivity contribution in [3.63, 3.8) is 0 Å². The Kier molecular flexibility index (Phi) is 7.15. The minimum atomic E-state index is -3.87. The van der Waals surface area contributed by atoms with Crippen LogP contribution in [-0.2, 0) is 14.8 Å². The molecule has 0 bridgehead atoms. The molecule has 1 unspecified atom stereocenters. The Labute approximate surface area is 206 Å². The lowest BCUT2D eigenvalue weighted by atomic mass is 9.91. The van der Waals surface area contributed by atoms with Crippen LogP contribution in [0, 0.1) is 0 Å². The van der Waals surface area contributed by atoms with Crippen LogP contribution in [0.25, 0.3) is 11.1 Å². The summed E-state index contributed by atoms with van der Waals surface area (Å²) in [4.78, 5) is 4.56. The number of nitrogens with two attached hydrogens (primary N) is 1. The van der Waals surface area contributed by atoms with Crippen molar-refractivity contribution in [2.24, 2.45) is 10.7 Å². The molecule has 1 saturated heterocycles. The first-order chi connectivity index (χ1) is 16.6. The molecular weight excluding hydrogens is 465 g/mol. The van der Waals surface area contributed by atoms with Crippen LogP contribution in [0.4, 0.5) is 4.39 Å². The number of benzene rings is 2. The van der Waals surface area contributed by atoms with Gasteiger partial charge in [0.25, 0.3) is 6.02 Å². The Morgan fingerprint density at radius 1 is 1.11 bits per heavy atom. The molecule has 4 rings (SSSR count). The summed E-state index contributed by atoms with van der Waals surface area (Å²) >= 11 is 0. The van der Waals surface area contributed by atoms with Crippen molar-refractivity contribution in [3.8, 4) is 11.1 Å². The highest BCUT2D eigenvalue weighted by molar-refractivity contribution is 7.90. The summed E-state index contributed by atoms with van der Waals surface area (Å²) in [6, 6.07) is 16.8. The van der Waals surface area contributed by atoms with Gasteiger partial charge in [-0.05, 0) is 68.5 Å². The lowest BCUT2D eigenvalue weighted by Gasteiger charge is -2.39. The minimum absolute atomic E-state index is 0.0923. The number of nitrogens with one attached hydrogen (secondary N) is 1. The van der Waals surface area contributed by atoms with E-state index in [2.05, 4.69) is 9.71 Å². The van der Waals surface area contributed by atoms with Gasteiger partial charge in [-0.2, -0.15) is 0 Å². The van der Waals surface area contributed by atoms with Gasteiger partial charge in [0.2, 0.25) is 10.0 Å². The van der Waals surface area contributed by atoms with Crippen LogP contribution in [0.5, 0.6) is 0 Å². The van der Waals surface area contributed by atoms with E-state index in [0.717, 1.165) is 22.3 Å². The summed E-state index contributed by atoms with van der Waals surface area (Å²) in [5.74, 6) is -0.211. The summed E-state index contributed by atoms with van der Waals surface area (Å²) in [7, 11) is -3.87. The lowest BCUT2D eigenvalue weighted by Crippen LogP contribution is -2.53. The van der Waals surface area contributed by atoms with E-state index in [4.69, 9.17) is 10.5 Å². The standard InChI is InChI=1S/C27H32FN3O3S/c1-18-9-14-22(28)17-23(18)24(15-16-29)30-26-31-35(32,33)25(27(2,3)34-26)21-12-10-20(11-13-21)19-7-5-4-6-8-19/h4-8,10-13,17,24-25H,9,14-16,29H2,1-3H3,(H,30,31)/t24-,25?/m0/s1. The van der Waals surface area contributed by atoms with Gasteiger partial charge in [0, 0.05) is 6.42 Å². The van der Waals surface area contributed by atoms with Gasteiger partial charge in [0.1, 0.15) is 16.7 Å². The van der Waals surface area contributed by atoms with Gasteiger partial charge in [-0.1, -0.05) is 60.2 Å². The summed E-state index contributed by atoms with van der Waals surface area (Å²) < 4.78 is 49.5. The molecule has 1 heterocycles. The predicted octanol–water partition coefficient (Wildman–Crippen LogP) is 5.16. The predicted molar refractivity (Wildman–Crippen MR) is 138 cm³/mol. The molecule has 0 aromatic heterocycles. The highest BCUT2D eigenvalue weighted by atomic mass is 32.2. The first-order valence-corrected chi connectivity index (χ1v) is 13.3. The molecule has 35 heavy (non-hydrogen) atoms. The van der Waals surface area contributed by atoms with Crippen LogP contribution >= 0.6 is 0 Å². The fraction of sp³-hybridized carbons (Fsp3) is 0.370. The van der Waals surface area contributed by atoms with E-state index in [1.54, 1.807) is 13.8 Å². The molecule has 2 aliphatic rings. The summed E-state index contributed by atoms with van der Waals surface area (Å²) in [6.07, 6.45) is 2.89. The Balaban J connectivity index is 1.63. The molecule has 2 atom stereocenters. The van der Waals surface area contributed by atoms with E-state index in [1.165, 1.54) is 6.08 Å². The zero-order chi connectivity index (χ0) is 25.2. The molecule has 1 fully saturated rings. The van der Waals surface area contributed by atoms with E-state index in [1.807, 2.05) is 61.5 Å². The van der Waals surface area contributed by atoms with Crippen molar-refractivity contribution in [2.45, 2.75) is 56.9 Å². The fourth-order valence-electron chi connectivity index (χ4n) is 4.78. The number of sulfonamides is 1. The van der Waals surface area contributed by atoms with Gasteiger partial charge in [0.05, 0.1) is 6.04 Å². The number of amidine groups is 1. The van der Waals surface area contributed by atoms with Crippen molar-refractivity contribution in [2.75, 3.05) is 6.54 Å². The SMILES string of the molecule is CC1=C([C@H](CCN)N=C2NS(=O)(=O)C(c3ccc(-c4ccccc4)cc3)C(C)(C)O2)C=C(F)CC1. The molecule has 0 amide bonds. The Morgan fingerprint density at radius 3 is 2.40 bits per heavy atom. The largest absolute Gasteiger partial charge is 0.457 e. The normalized spacial score (nSPS) is 23.3. The molecule has 6 nitrogen and oxygen atoms in total. The van der Waals surface area contributed by atoms with Crippen molar-refractivity contribution in [1.29, 1.82) is 0 Å². The molecule has 186 valence electrons. The molecule has 0 saturated carbocycles. The van der Waals surface area contributed by atoms with E-state index >= 15 is 0 Å². The third kappa shape index (κ3) is 5.49. The quantitative estimate of drug-likeness (QED) is 0.576. The zero-order valence-electron chi connectivity index (χ0n) is 20.3.